The van der Waals surface area contributed by atoms with E-state index in [0.717, 1.165) is 22.5 Å². The van der Waals surface area contributed by atoms with Crippen LogP contribution in [0.25, 0.3) is 16.7 Å². The maximum Gasteiger partial charge on any atom is 0.162 e. The average Bonchev–Trinajstić information content (AvgIpc) is 2.90. The Balaban J connectivity index is 2.16. The van der Waals surface area contributed by atoms with E-state index in [1.807, 2.05) is 53.4 Å². The van der Waals surface area contributed by atoms with Crippen molar-refractivity contribution in [3.8, 4) is 17.2 Å². The van der Waals surface area contributed by atoms with Crippen molar-refractivity contribution >= 4 is 11.0 Å². The van der Waals surface area contributed by atoms with Gasteiger partial charge in [0.25, 0.3) is 0 Å². The second-order valence-electron chi connectivity index (χ2n) is 4.14. The summed E-state index contributed by atoms with van der Waals surface area (Å²) in [6.45, 7) is 0. The van der Waals surface area contributed by atoms with E-state index >= 15 is 0 Å². The van der Waals surface area contributed by atoms with Crippen LogP contribution in [-0.4, -0.2) is 23.8 Å². The predicted molar refractivity (Wildman–Crippen MR) is 74.2 cm³/mol. The Labute approximate surface area is 111 Å². The molecule has 0 atom stereocenters. The maximum atomic E-state index is 5.33. The zero-order chi connectivity index (χ0) is 13.2. The Morgan fingerprint density at radius 1 is 0.947 bits per heavy atom. The van der Waals surface area contributed by atoms with E-state index in [0.29, 0.717) is 5.75 Å². The van der Waals surface area contributed by atoms with Crippen LogP contribution in [0.2, 0.25) is 0 Å². The van der Waals surface area contributed by atoms with Crippen molar-refractivity contribution in [2.75, 3.05) is 14.2 Å². The molecule has 0 radical (unpaired) electrons. The number of ether oxygens (including phenoxy) is 2. The number of methoxy groups -OCH3 is 2. The van der Waals surface area contributed by atoms with E-state index in [2.05, 4.69) is 4.98 Å². The smallest absolute Gasteiger partial charge is 0.162 e. The van der Waals surface area contributed by atoms with Crippen LogP contribution in [0.4, 0.5) is 0 Å². The summed E-state index contributed by atoms with van der Waals surface area (Å²) in [6, 6.07) is 13.8. The van der Waals surface area contributed by atoms with E-state index in [-0.39, 0.29) is 0 Å². The summed E-state index contributed by atoms with van der Waals surface area (Å²) in [4.78, 5) is 4.38. The van der Waals surface area contributed by atoms with Gasteiger partial charge in [0.2, 0.25) is 0 Å². The number of imidazole rings is 1. The molecule has 96 valence electrons. The van der Waals surface area contributed by atoms with Gasteiger partial charge in [-0.15, -0.1) is 0 Å². The fraction of sp³-hybridized carbons (Fsp3) is 0.133. The molecular formula is C15H14N2O2. The van der Waals surface area contributed by atoms with Crippen LogP contribution in [0.15, 0.2) is 48.8 Å². The number of benzene rings is 2. The first-order valence-electron chi connectivity index (χ1n) is 5.98. The van der Waals surface area contributed by atoms with Crippen molar-refractivity contribution in [2.45, 2.75) is 0 Å². The number of hydrogen-bond donors (Lipinski definition) is 0. The number of hydrogen-bond acceptors (Lipinski definition) is 3. The highest BCUT2D eigenvalue weighted by Gasteiger charge is 2.08. The van der Waals surface area contributed by atoms with Crippen molar-refractivity contribution < 1.29 is 9.47 Å². The quantitative estimate of drug-likeness (QED) is 0.720. The average molecular weight is 254 g/mol. The molecule has 2 aromatic carbocycles. The molecule has 0 amide bonds. The summed E-state index contributed by atoms with van der Waals surface area (Å²) < 4.78 is 12.6. The largest absolute Gasteiger partial charge is 0.493 e. The minimum atomic E-state index is 0.706. The molecule has 4 heteroatoms. The molecule has 0 aliphatic heterocycles. The van der Waals surface area contributed by atoms with Crippen LogP contribution in [0.5, 0.6) is 11.5 Å². The summed E-state index contributed by atoms with van der Waals surface area (Å²) >= 11 is 0. The lowest BCUT2D eigenvalue weighted by molar-refractivity contribution is 0.355. The van der Waals surface area contributed by atoms with Gasteiger partial charge in [-0.3, -0.25) is 4.57 Å². The van der Waals surface area contributed by atoms with Gasteiger partial charge in [0.15, 0.2) is 11.5 Å². The topological polar surface area (TPSA) is 36.3 Å². The Kier molecular flexibility index (Phi) is 2.83. The van der Waals surface area contributed by atoms with Crippen molar-refractivity contribution in [3.63, 3.8) is 0 Å². The van der Waals surface area contributed by atoms with Crippen LogP contribution < -0.4 is 9.47 Å². The van der Waals surface area contributed by atoms with Crippen molar-refractivity contribution in [2.24, 2.45) is 0 Å². The molecular weight excluding hydrogens is 240 g/mol. The van der Waals surface area contributed by atoms with Gasteiger partial charge in [-0.25, -0.2) is 4.98 Å². The summed E-state index contributed by atoms with van der Waals surface area (Å²) in [6.07, 6.45) is 1.81. The maximum absolute atomic E-state index is 5.33. The Bertz CT molecular complexity index is 719. The highest BCUT2D eigenvalue weighted by atomic mass is 16.5. The lowest BCUT2D eigenvalue weighted by Gasteiger charge is -2.10. The van der Waals surface area contributed by atoms with Crippen LogP contribution in [0, 0.1) is 0 Å². The Morgan fingerprint density at radius 3 is 2.53 bits per heavy atom. The molecule has 0 bridgehead atoms. The van der Waals surface area contributed by atoms with Crippen LogP contribution in [0.3, 0.4) is 0 Å². The molecule has 0 fully saturated rings. The number of para-hydroxylation sites is 2. The minimum absolute atomic E-state index is 0.706. The van der Waals surface area contributed by atoms with Crippen molar-refractivity contribution in [1.82, 2.24) is 9.55 Å². The second-order valence-corrected chi connectivity index (χ2v) is 4.14. The molecule has 1 aromatic heterocycles. The minimum Gasteiger partial charge on any atom is -0.493 e. The van der Waals surface area contributed by atoms with E-state index in [1.54, 1.807) is 14.2 Å². The van der Waals surface area contributed by atoms with E-state index in [1.165, 1.54) is 0 Å². The molecule has 0 unspecified atom stereocenters. The molecule has 0 saturated carbocycles. The van der Waals surface area contributed by atoms with Gasteiger partial charge in [-0.05, 0) is 24.3 Å². The third kappa shape index (κ3) is 1.91. The molecule has 3 rings (SSSR count). The fourth-order valence-corrected chi connectivity index (χ4v) is 2.14. The number of aromatic nitrogens is 2. The molecule has 19 heavy (non-hydrogen) atoms. The molecule has 0 spiro atoms. The van der Waals surface area contributed by atoms with E-state index in [9.17, 15) is 0 Å². The summed E-state index contributed by atoms with van der Waals surface area (Å²) in [5, 5.41) is 0. The van der Waals surface area contributed by atoms with Crippen molar-refractivity contribution in [3.05, 3.63) is 48.8 Å². The van der Waals surface area contributed by atoms with Gasteiger partial charge in [0.1, 0.15) is 6.33 Å². The van der Waals surface area contributed by atoms with Gasteiger partial charge in [0.05, 0.1) is 30.9 Å². The number of rotatable bonds is 3. The van der Waals surface area contributed by atoms with Crippen LogP contribution in [0.1, 0.15) is 0 Å². The van der Waals surface area contributed by atoms with Crippen LogP contribution in [-0.2, 0) is 0 Å². The third-order valence-electron chi connectivity index (χ3n) is 3.10. The molecule has 0 saturated heterocycles. The van der Waals surface area contributed by atoms with Gasteiger partial charge in [-0.2, -0.15) is 0 Å². The highest BCUT2D eigenvalue weighted by molar-refractivity contribution is 5.77. The van der Waals surface area contributed by atoms with E-state index in [4.69, 9.17) is 9.47 Å². The highest BCUT2D eigenvalue weighted by Crippen LogP contribution is 2.30. The first-order valence-corrected chi connectivity index (χ1v) is 5.98. The lowest BCUT2D eigenvalue weighted by atomic mass is 10.2. The Morgan fingerprint density at radius 2 is 1.74 bits per heavy atom. The molecule has 4 nitrogen and oxygen atoms in total. The normalized spacial score (nSPS) is 10.6. The number of fused-ring (bicyclic) bond motifs is 1. The monoisotopic (exact) mass is 254 g/mol. The van der Waals surface area contributed by atoms with Gasteiger partial charge < -0.3 is 9.47 Å². The molecule has 3 aromatic rings. The zero-order valence-corrected chi connectivity index (χ0v) is 10.8. The summed E-state index contributed by atoms with van der Waals surface area (Å²) in [5.41, 5.74) is 3.03. The Hall–Kier alpha value is -2.49. The van der Waals surface area contributed by atoms with Crippen LogP contribution >= 0.6 is 0 Å². The molecule has 0 N–H and O–H groups in total. The SMILES string of the molecule is COc1ccc(-n2cnc3ccccc32)cc1OC. The van der Waals surface area contributed by atoms with Gasteiger partial charge in [-0.1, -0.05) is 12.1 Å². The third-order valence-corrected chi connectivity index (χ3v) is 3.10. The van der Waals surface area contributed by atoms with Crippen molar-refractivity contribution in [1.29, 1.82) is 0 Å². The number of nitrogens with zero attached hydrogens (tertiary/aromatic N) is 2. The van der Waals surface area contributed by atoms with E-state index < -0.39 is 0 Å². The zero-order valence-electron chi connectivity index (χ0n) is 10.8. The summed E-state index contributed by atoms with van der Waals surface area (Å²) in [7, 11) is 3.26. The van der Waals surface area contributed by atoms with Gasteiger partial charge >= 0.3 is 0 Å². The summed E-state index contributed by atoms with van der Waals surface area (Å²) in [5.74, 6) is 1.42. The molecule has 0 aliphatic rings. The molecule has 0 aliphatic carbocycles. The van der Waals surface area contributed by atoms with Gasteiger partial charge in [0, 0.05) is 6.07 Å². The fourth-order valence-electron chi connectivity index (χ4n) is 2.14. The standard InChI is InChI=1S/C15H14N2O2/c1-18-14-8-7-11(9-15(14)19-2)17-10-16-12-5-3-4-6-13(12)17/h3-10H,1-2H3. The predicted octanol–water partition coefficient (Wildman–Crippen LogP) is 3.04. The first kappa shape index (κ1) is 11.6. The lowest BCUT2D eigenvalue weighted by Crippen LogP contribution is -1.95. The first-order chi connectivity index (χ1) is 9.33. The second kappa shape index (κ2) is 4.65. The molecule has 1 heterocycles.